The van der Waals surface area contributed by atoms with Crippen LogP contribution in [0.15, 0.2) is 16.0 Å². The van der Waals surface area contributed by atoms with Gasteiger partial charge < -0.3 is 10.7 Å². The van der Waals surface area contributed by atoms with Crippen molar-refractivity contribution in [1.82, 2.24) is 9.97 Å². The third-order valence-corrected chi connectivity index (χ3v) is 2.82. The normalized spacial score (nSPS) is 10.5. The lowest BCUT2D eigenvalue weighted by molar-refractivity contribution is 0.752. The zero-order valence-electron chi connectivity index (χ0n) is 8.95. The summed E-state index contributed by atoms with van der Waals surface area (Å²) in [4.78, 5) is 18.4. The fourth-order valence-corrected chi connectivity index (χ4v) is 1.86. The first-order chi connectivity index (χ1) is 7.26. The van der Waals surface area contributed by atoms with E-state index < -0.39 is 0 Å². The summed E-state index contributed by atoms with van der Waals surface area (Å²) in [5.74, 6) is 0.778. The van der Waals surface area contributed by atoms with E-state index in [4.69, 9.17) is 5.73 Å². The summed E-state index contributed by atoms with van der Waals surface area (Å²) in [5.41, 5.74) is 6.19. The van der Waals surface area contributed by atoms with E-state index in [1.807, 2.05) is 0 Å². The van der Waals surface area contributed by atoms with Gasteiger partial charge in [0.25, 0.3) is 5.56 Å². The van der Waals surface area contributed by atoms with Gasteiger partial charge in [0, 0.05) is 24.1 Å². The van der Waals surface area contributed by atoms with Crippen molar-refractivity contribution in [1.29, 1.82) is 0 Å². The van der Waals surface area contributed by atoms with Crippen LogP contribution in [-0.2, 0) is 6.42 Å². The van der Waals surface area contributed by atoms with Crippen LogP contribution in [0.25, 0.3) is 0 Å². The molecule has 4 nitrogen and oxygen atoms in total. The number of aromatic amines is 1. The van der Waals surface area contributed by atoms with Crippen LogP contribution >= 0.6 is 11.8 Å². The maximum atomic E-state index is 11.3. The van der Waals surface area contributed by atoms with E-state index in [0.717, 1.165) is 30.7 Å². The minimum Gasteiger partial charge on any atom is -0.330 e. The van der Waals surface area contributed by atoms with Crippen molar-refractivity contribution in [3.05, 3.63) is 22.1 Å². The van der Waals surface area contributed by atoms with Gasteiger partial charge in [0.2, 0.25) is 0 Å². The predicted octanol–water partition coefficient (Wildman–Crippen LogP) is 1.16. The van der Waals surface area contributed by atoms with Crippen molar-refractivity contribution in [3.8, 4) is 0 Å². The van der Waals surface area contributed by atoms with Crippen LogP contribution < -0.4 is 11.3 Å². The lowest BCUT2D eigenvalue weighted by atomic mass is 10.2. The lowest BCUT2D eigenvalue weighted by Gasteiger charge is -2.02. The van der Waals surface area contributed by atoms with E-state index in [9.17, 15) is 4.79 Å². The van der Waals surface area contributed by atoms with Crippen molar-refractivity contribution in [2.75, 3.05) is 12.3 Å². The van der Waals surface area contributed by atoms with Crippen molar-refractivity contribution >= 4 is 11.8 Å². The summed E-state index contributed by atoms with van der Waals surface area (Å²) >= 11 is 1.49. The molecule has 0 aliphatic rings. The number of thioether (sulfide) groups is 1. The molecule has 84 valence electrons. The fraction of sp³-hybridized carbons (Fsp3) is 0.600. The van der Waals surface area contributed by atoms with Gasteiger partial charge in [0.1, 0.15) is 0 Å². The predicted molar refractivity (Wildman–Crippen MR) is 63.2 cm³/mol. The summed E-state index contributed by atoms with van der Waals surface area (Å²) in [6.45, 7) is 2.71. The molecule has 0 saturated carbocycles. The number of aryl methyl sites for hydroxylation is 1. The molecule has 0 bridgehead atoms. The van der Waals surface area contributed by atoms with Crippen LogP contribution in [0.3, 0.4) is 0 Å². The highest BCUT2D eigenvalue weighted by Crippen LogP contribution is 2.10. The molecule has 0 atom stereocenters. The summed E-state index contributed by atoms with van der Waals surface area (Å²) in [5, 5.41) is 0.680. The zero-order chi connectivity index (χ0) is 11.1. The summed E-state index contributed by atoms with van der Waals surface area (Å²) in [6.07, 6.45) is 3.05. The van der Waals surface area contributed by atoms with Gasteiger partial charge >= 0.3 is 0 Å². The Bertz CT molecular complexity index is 322. The fourth-order valence-electron chi connectivity index (χ4n) is 1.19. The minimum absolute atomic E-state index is 0.0735. The van der Waals surface area contributed by atoms with Crippen LogP contribution in [0.2, 0.25) is 0 Å². The van der Waals surface area contributed by atoms with Crippen molar-refractivity contribution < 1.29 is 0 Å². The Kier molecular flexibility index (Phi) is 5.42. The number of nitrogens with two attached hydrogens (primary N) is 1. The van der Waals surface area contributed by atoms with E-state index in [0.29, 0.717) is 11.7 Å². The first-order valence-corrected chi connectivity index (χ1v) is 6.18. The molecule has 1 heterocycles. The van der Waals surface area contributed by atoms with Crippen LogP contribution in [0, 0.1) is 0 Å². The largest absolute Gasteiger partial charge is 0.330 e. The number of aromatic nitrogens is 2. The van der Waals surface area contributed by atoms with Gasteiger partial charge in [-0.1, -0.05) is 25.1 Å². The maximum absolute atomic E-state index is 11.3. The second-order valence-electron chi connectivity index (χ2n) is 3.28. The van der Waals surface area contributed by atoms with E-state index in [1.165, 1.54) is 11.8 Å². The number of nitrogens with one attached hydrogen (secondary N) is 1. The molecule has 5 heteroatoms. The van der Waals surface area contributed by atoms with E-state index in [-0.39, 0.29) is 5.56 Å². The van der Waals surface area contributed by atoms with Crippen molar-refractivity contribution in [2.45, 2.75) is 31.3 Å². The second kappa shape index (κ2) is 6.63. The minimum atomic E-state index is -0.0735. The van der Waals surface area contributed by atoms with Crippen molar-refractivity contribution in [3.63, 3.8) is 0 Å². The third-order valence-electron chi connectivity index (χ3n) is 1.92. The van der Waals surface area contributed by atoms with Crippen LogP contribution in [0.4, 0.5) is 0 Å². The molecule has 1 aromatic rings. The van der Waals surface area contributed by atoms with Gasteiger partial charge in [-0.3, -0.25) is 4.79 Å². The Balaban J connectivity index is 2.71. The average molecular weight is 227 g/mol. The standard InChI is InChI=1S/C10H17N3OS/c1-2-3-4-8-7-9(14)13-10(12-8)15-6-5-11/h7H,2-6,11H2,1H3,(H,12,13,14). The van der Waals surface area contributed by atoms with E-state index in [1.54, 1.807) is 6.07 Å². The Labute approximate surface area is 93.7 Å². The highest BCUT2D eigenvalue weighted by Gasteiger charge is 2.01. The Morgan fingerprint density at radius 2 is 2.40 bits per heavy atom. The molecule has 1 rings (SSSR count). The molecule has 0 radical (unpaired) electrons. The number of hydrogen-bond acceptors (Lipinski definition) is 4. The Hall–Kier alpha value is -0.810. The number of hydrogen-bond donors (Lipinski definition) is 2. The zero-order valence-corrected chi connectivity index (χ0v) is 9.77. The smallest absolute Gasteiger partial charge is 0.251 e. The molecule has 3 N–H and O–H groups in total. The monoisotopic (exact) mass is 227 g/mol. The van der Waals surface area contributed by atoms with Gasteiger partial charge in [-0.25, -0.2) is 4.98 Å². The van der Waals surface area contributed by atoms with Gasteiger partial charge in [-0.15, -0.1) is 0 Å². The number of nitrogens with zero attached hydrogens (tertiary/aromatic N) is 1. The van der Waals surface area contributed by atoms with Crippen LogP contribution in [0.1, 0.15) is 25.5 Å². The summed E-state index contributed by atoms with van der Waals surface area (Å²) in [6, 6.07) is 1.57. The molecule has 0 aliphatic carbocycles. The SMILES string of the molecule is CCCCc1cc(=O)[nH]c(SCCN)n1. The molecular formula is C10H17N3OS. The molecule has 0 fully saturated rings. The molecule has 0 saturated heterocycles. The van der Waals surface area contributed by atoms with E-state index in [2.05, 4.69) is 16.9 Å². The Morgan fingerprint density at radius 1 is 1.60 bits per heavy atom. The highest BCUT2D eigenvalue weighted by atomic mass is 32.2. The quantitative estimate of drug-likeness (QED) is 0.565. The van der Waals surface area contributed by atoms with E-state index >= 15 is 0 Å². The Morgan fingerprint density at radius 3 is 3.07 bits per heavy atom. The molecule has 0 aromatic carbocycles. The van der Waals surface area contributed by atoms with Gasteiger partial charge in [-0.2, -0.15) is 0 Å². The molecule has 15 heavy (non-hydrogen) atoms. The first-order valence-electron chi connectivity index (χ1n) is 5.19. The third kappa shape index (κ3) is 4.48. The molecule has 0 unspecified atom stereocenters. The molecule has 0 spiro atoms. The number of rotatable bonds is 6. The lowest BCUT2D eigenvalue weighted by Crippen LogP contribution is -2.11. The first kappa shape index (κ1) is 12.3. The number of H-pyrrole nitrogens is 1. The maximum Gasteiger partial charge on any atom is 0.251 e. The van der Waals surface area contributed by atoms with Crippen LogP contribution in [-0.4, -0.2) is 22.3 Å². The molecule has 0 aliphatic heterocycles. The molecule has 0 amide bonds. The summed E-state index contributed by atoms with van der Waals surface area (Å²) < 4.78 is 0. The second-order valence-corrected chi connectivity index (χ2v) is 4.37. The number of unbranched alkanes of at least 4 members (excludes halogenated alkanes) is 1. The van der Waals surface area contributed by atoms with Crippen molar-refractivity contribution in [2.24, 2.45) is 5.73 Å². The molecular weight excluding hydrogens is 210 g/mol. The van der Waals surface area contributed by atoms with Crippen LogP contribution in [0.5, 0.6) is 0 Å². The average Bonchev–Trinajstić information content (AvgIpc) is 2.23. The van der Waals surface area contributed by atoms with Gasteiger partial charge in [0.05, 0.1) is 0 Å². The van der Waals surface area contributed by atoms with Gasteiger partial charge in [0.15, 0.2) is 5.16 Å². The highest BCUT2D eigenvalue weighted by molar-refractivity contribution is 7.99. The molecule has 1 aromatic heterocycles. The summed E-state index contributed by atoms with van der Waals surface area (Å²) in [7, 11) is 0. The van der Waals surface area contributed by atoms with Gasteiger partial charge in [-0.05, 0) is 12.8 Å². The topological polar surface area (TPSA) is 71.8 Å².